The van der Waals surface area contributed by atoms with E-state index >= 15 is 0 Å². The van der Waals surface area contributed by atoms with E-state index in [1.165, 1.54) is 6.07 Å². The average molecular weight is 256 g/mol. The van der Waals surface area contributed by atoms with Gasteiger partial charge in [0.15, 0.2) is 5.76 Å². The van der Waals surface area contributed by atoms with Crippen LogP contribution in [0.2, 0.25) is 0 Å². The topological polar surface area (TPSA) is 106 Å². The van der Waals surface area contributed by atoms with E-state index < -0.39 is 22.3 Å². The second-order valence-corrected chi connectivity index (χ2v) is 4.24. The smallest absolute Gasteiger partial charge is 0.396 e. The first kappa shape index (κ1) is 14.2. The Hall–Kier alpha value is -1.89. The van der Waals surface area contributed by atoms with Crippen molar-refractivity contribution in [1.82, 2.24) is 5.32 Å². The molecule has 1 aromatic rings. The van der Waals surface area contributed by atoms with Crippen LogP contribution in [-0.4, -0.2) is 28.1 Å². The van der Waals surface area contributed by atoms with Gasteiger partial charge in [-0.05, 0) is 25.8 Å². The predicted octanol–water partition coefficient (Wildman–Crippen LogP) is 1.47. The lowest BCUT2D eigenvalue weighted by Crippen LogP contribution is -2.46. The number of aliphatic hydroxyl groups is 1. The van der Waals surface area contributed by atoms with Crippen LogP contribution >= 0.6 is 0 Å². The molecule has 18 heavy (non-hydrogen) atoms. The molecule has 1 heterocycles. The van der Waals surface area contributed by atoms with Gasteiger partial charge < -0.3 is 14.8 Å². The van der Waals surface area contributed by atoms with Gasteiger partial charge >= 0.3 is 5.88 Å². The number of rotatable bonds is 6. The van der Waals surface area contributed by atoms with Gasteiger partial charge in [0.05, 0.1) is 6.07 Å². The van der Waals surface area contributed by atoms with Crippen molar-refractivity contribution in [3.05, 3.63) is 28.0 Å². The largest absolute Gasteiger partial charge is 0.433 e. The third kappa shape index (κ3) is 3.30. The number of hydrogen-bond donors (Lipinski definition) is 2. The quantitative estimate of drug-likeness (QED) is 0.592. The SMILES string of the molecule is CCC(C)(CCO)NC(=O)c1ccc([N+](=O)[O-])o1. The summed E-state index contributed by atoms with van der Waals surface area (Å²) in [6.07, 6.45) is 1.03. The lowest BCUT2D eigenvalue weighted by molar-refractivity contribution is -0.402. The molecule has 1 amide bonds. The van der Waals surface area contributed by atoms with Gasteiger partial charge in [0.2, 0.25) is 0 Å². The average Bonchev–Trinajstić information content (AvgIpc) is 2.78. The Labute approximate surface area is 104 Å². The maximum Gasteiger partial charge on any atom is 0.433 e. The highest BCUT2D eigenvalue weighted by Gasteiger charge is 2.26. The van der Waals surface area contributed by atoms with Crippen molar-refractivity contribution in [1.29, 1.82) is 0 Å². The van der Waals surface area contributed by atoms with Gasteiger partial charge in [0.1, 0.15) is 4.92 Å². The van der Waals surface area contributed by atoms with Gasteiger partial charge in [-0.3, -0.25) is 14.9 Å². The summed E-state index contributed by atoms with van der Waals surface area (Å²) < 4.78 is 4.80. The maximum absolute atomic E-state index is 11.8. The summed E-state index contributed by atoms with van der Waals surface area (Å²) in [6.45, 7) is 3.61. The highest BCUT2D eigenvalue weighted by atomic mass is 16.6. The van der Waals surface area contributed by atoms with E-state index in [0.717, 1.165) is 6.07 Å². The molecule has 7 nitrogen and oxygen atoms in total. The number of carbonyl (C=O) groups is 1. The van der Waals surface area contributed by atoms with E-state index in [9.17, 15) is 14.9 Å². The van der Waals surface area contributed by atoms with Gasteiger partial charge in [0.25, 0.3) is 5.91 Å². The normalized spacial score (nSPS) is 13.9. The van der Waals surface area contributed by atoms with E-state index in [1.54, 1.807) is 6.92 Å². The molecule has 0 aliphatic rings. The lowest BCUT2D eigenvalue weighted by atomic mass is 9.95. The summed E-state index contributed by atoms with van der Waals surface area (Å²) in [5, 5.41) is 22.1. The predicted molar refractivity (Wildman–Crippen MR) is 63.2 cm³/mol. The minimum absolute atomic E-state index is 0.0527. The molecule has 0 fully saturated rings. The van der Waals surface area contributed by atoms with Crippen molar-refractivity contribution in [2.45, 2.75) is 32.2 Å². The second kappa shape index (κ2) is 5.63. The number of aliphatic hydroxyl groups excluding tert-OH is 1. The highest BCUT2D eigenvalue weighted by molar-refractivity contribution is 5.92. The van der Waals surface area contributed by atoms with Crippen molar-refractivity contribution in [3.8, 4) is 0 Å². The van der Waals surface area contributed by atoms with Crippen molar-refractivity contribution < 1.29 is 19.2 Å². The standard InChI is InChI=1S/C11H16N2O5/c1-3-11(2,6-7-14)12-10(15)8-4-5-9(18-8)13(16)17/h4-5,14H,3,6-7H2,1-2H3,(H,12,15). The summed E-state index contributed by atoms with van der Waals surface area (Å²) in [5.41, 5.74) is -0.562. The van der Waals surface area contributed by atoms with E-state index in [2.05, 4.69) is 5.32 Å². The van der Waals surface area contributed by atoms with E-state index in [-0.39, 0.29) is 12.4 Å². The number of nitrogens with one attached hydrogen (secondary N) is 1. The van der Waals surface area contributed by atoms with Crippen LogP contribution in [0.4, 0.5) is 5.88 Å². The molecule has 0 saturated heterocycles. The van der Waals surface area contributed by atoms with Gasteiger partial charge in [-0.2, -0.15) is 0 Å². The third-order valence-electron chi connectivity index (χ3n) is 2.85. The zero-order valence-corrected chi connectivity index (χ0v) is 10.3. The monoisotopic (exact) mass is 256 g/mol. The molecule has 0 aromatic carbocycles. The summed E-state index contributed by atoms with van der Waals surface area (Å²) in [5.74, 6) is -1.11. The van der Waals surface area contributed by atoms with Gasteiger partial charge in [-0.15, -0.1) is 0 Å². The van der Waals surface area contributed by atoms with Crippen molar-refractivity contribution in [3.63, 3.8) is 0 Å². The Morgan fingerprint density at radius 3 is 2.72 bits per heavy atom. The fourth-order valence-corrected chi connectivity index (χ4v) is 1.46. The Bertz CT molecular complexity index is 442. The molecule has 2 N–H and O–H groups in total. The molecule has 0 spiro atoms. The van der Waals surface area contributed by atoms with E-state index in [1.807, 2.05) is 6.92 Å². The maximum atomic E-state index is 11.8. The molecule has 1 rings (SSSR count). The Kier molecular flexibility index (Phi) is 4.43. The van der Waals surface area contributed by atoms with E-state index in [4.69, 9.17) is 9.52 Å². The second-order valence-electron chi connectivity index (χ2n) is 4.24. The molecular weight excluding hydrogens is 240 g/mol. The molecule has 0 saturated carbocycles. The Balaban J connectivity index is 2.77. The fourth-order valence-electron chi connectivity index (χ4n) is 1.46. The van der Waals surface area contributed by atoms with Crippen LogP contribution in [0.1, 0.15) is 37.2 Å². The zero-order chi connectivity index (χ0) is 13.8. The first-order valence-corrected chi connectivity index (χ1v) is 5.59. The minimum Gasteiger partial charge on any atom is -0.396 e. The van der Waals surface area contributed by atoms with Crippen LogP contribution in [0.3, 0.4) is 0 Å². The highest BCUT2D eigenvalue weighted by Crippen LogP contribution is 2.18. The number of nitrogens with zero attached hydrogens (tertiary/aromatic N) is 1. The molecule has 0 aliphatic carbocycles. The van der Waals surface area contributed by atoms with Crippen molar-refractivity contribution in [2.24, 2.45) is 0 Å². The summed E-state index contributed by atoms with van der Waals surface area (Å²) in [6, 6.07) is 2.38. The van der Waals surface area contributed by atoms with Gasteiger partial charge in [0, 0.05) is 12.1 Å². The van der Waals surface area contributed by atoms with E-state index in [0.29, 0.717) is 12.8 Å². The summed E-state index contributed by atoms with van der Waals surface area (Å²) in [4.78, 5) is 21.5. The number of hydrogen-bond acceptors (Lipinski definition) is 5. The number of furan rings is 1. The summed E-state index contributed by atoms with van der Waals surface area (Å²) in [7, 11) is 0. The van der Waals surface area contributed by atoms with Crippen LogP contribution in [-0.2, 0) is 0 Å². The fraction of sp³-hybridized carbons (Fsp3) is 0.545. The molecule has 7 heteroatoms. The molecule has 1 atom stereocenters. The lowest BCUT2D eigenvalue weighted by Gasteiger charge is -2.28. The van der Waals surface area contributed by atoms with Crippen LogP contribution in [0.25, 0.3) is 0 Å². The molecule has 0 bridgehead atoms. The number of carbonyl (C=O) groups excluding carboxylic acids is 1. The molecule has 100 valence electrons. The first-order valence-electron chi connectivity index (χ1n) is 5.59. The molecule has 0 aliphatic heterocycles. The van der Waals surface area contributed by atoms with Gasteiger partial charge in [-0.1, -0.05) is 6.92 Å². The summed E-state index contributed by atoms with van der Waals surface area (Å²) >= 11 is 0. The minimum atomic E-state index is -0.705. The van der Waals surface area contributed by atoms with Crippen LogP contribution in [0.5, 0.6) is 0 Å². The van der Waals surface area contributed by atoms with Gasteiger partial charge in [-0.25, -0.2) is 0 Å². The van der Waals surface area contributed by atoms with Crippen molar-refractivity contribution >= 4 is 11.8 Å². The Morgan fingerprint density at radius 1 is 1.61 bits per heavy atom. The molecular formula is C11H16N2O5. The Morgan fingerprint density at radius 2 is 2.28 bits per heavy atom. The molecule has 1 unspecified atom stereocenters. The molecule has 1 aromatic heterocycles. The number of nitro groups is 1. The third-order valence-corrected chi connectivity index (χ3v) is 2.85. The zero-order valence-electron chi connectivity index (χ0n) is 10.3. The van der Waals surface area contributed by atoms with Crippen molar-refractivity contribution in [2.75, 3.05) is 6.61 Å². The van der Waals surface area contributed by atoms with Crippen LogP contribution in [0, 0.1) is 10.1 Å². The molecule has 0 radical (unpaired) electrons. The number of amides is 1. The van der Waals surface area contributed by atoms with Crippen LogP contribution < -0.4 is 5.32 Å². The first-order chi connectivity index (χ1) is 8.41. The van der Waals surface area contributed by atoms with Crippen LogP contribution in [0.15, 0.2) is 16.5 Å².